The molecule has 4 nitrogen and oxygen atoms in total. The summed E-state index contributed by atoms with van der Waals surface area (Å²) < 4.78 is 0.793. The van der Waals surface area contributed by atoms with Crippen LogP contribution >= 0.6 is 15.9 Å². The Labute approximate surface area is 103 Å². The van der Waals surface area contributed by atoms with E-state index >= 15 is 0 Å². The van der Waals surface area contributed by atoms with E-state index in [-0.39, 0.29) is 5.91 Å². The Morgan fingerprint density at radius 2 is 2.38 bits per heavy atom. The molecule has 0 unspecified atom stereocenters. The predicted octanol–water partition coefficient (Wildman–Crippen LogP) is 2.00. The lowest BCUT2D eigenvalue weighted by atomic mass is 10.1. The van der Waals surface area contributed by atoms with Gasteiger partial charge in [-0.2, -0.15) is 5.26 Å². The molecular weight excluding hydrogens is 270 g/mol. The number of hydrogen-bond acceptors (Lipinski definition) is 3. The zero-order chi connectivity index (χ0) is 12.1. The zero-order valence-electron chi connectivity index (χ0n) is 8.83. The van der Waals surface area contributed by atoms with Gasteiger partial charge in [-0.25, -0.2) is 0 Å². The van der Waals surface area contributed by atoms with Crippen molar-refractivity contribution in [1.82, 2.24) is 0 Å². The molecule has 0 aliphatic carbocycles. The van der Waals surface area contributed by atoms with E-state index in [0.29, 0.717) is 17.7 Å². The lowest BCUT2D eigenvalue weighted by molar-refractivity contribution is -0.117. The Kier molecular flexibility index (Phi) is 4.47. The number of anilines is 1. The molecule has 0 radical (unpaired) electrons. The van der Waals surface area contributed by atoms with E-state index in [1.54, 1.807) is 18.2 Å². The second-order valence-corrected chi connectivity index (χ2v) is 4.22. The second-order valence-electron chi connectivity index (χ2n) is 3.31. The summed E-state index contributed by atoms with van der Waals surface area (Å²) in [4.78, 5) is 11.5. The van der Waals surface area contributed by atoms with Crippen LogP contribution in [0.3, 0.4) is 0 Å². The fraction of sp³-hybridized carbons (Fsp3) is 0.273. The molecule has 0 aliphatic heterocycles. The monoisotopic (exact) mass is 281 g/mol. The van der Waals surface area contributed by atoms with Crippen molar-refractivity contribution < 1.29 is 4.79 Å². The van der Waals surface area contributed by atoms with Crippen molar-refractivity contribution in [3.05, 3.63) is 28.2 Å². The van der Waals surface area contributed by atoms with E-state index in [9.17, 15) is 4.79 Å². The molecule has 16 heavy (non-hydrogen) atoms. The molecule has 0 fully saturated rings. The smallest absolute Gasteiger partial charge is 0.241 e. The van der Waals surface area contributed by atoms with Gasteiger partial charge in [0, 0.05) is 4.47 Å². The van der Waals surface area contributed by atoms with Crippen LogP contribution in [0.4, 0.5) is 5.69 Å². The minimum Gasteiger partial charge on any atom is -0.324 e. The standard InChI is InChI=1S/C11H12BrN3O/c1-2-9(14)11(16)15-10-4-3-8(12)5-7(10)6-13/h3-5,9H,2,14H2,1H3,(H,15,16)/t9-/m1/s1. The third-order valence-corrected chi connectivity index (χ3v) is 2.63. The number of nitrogens with zero attached hydrogens (tertiary/aromatic N) is 1. The summed E-state index contributed by atoms with van der Waals surface area (Å²) in [5, 5.41) is 11.5. The van der Waals surface area contributed by atoms with Gasteiger partial charge in [0.25, 0.3) is 0 Å². The third kappa shape index (κ3) is 3.05. The van der Waals surface area contributed by atoms with Crippen LogP contribution in [0.5, 0.6) is 0 Å². The molecule has 1 aromatic rings. The van der Waals surface area contributed by atoms with E-state index in [0.717, 1.165) is 4.47 Å². The number of nitriles is 1. The Hall–Kier alpha value is -1.38. The SMILES string of the molecule is CC[C@@H](N)C(=O)Nc1ccc(Br)cc1C#N. The molecule has 1 amide bonds. The predicted molar refractivity (Wildman–Crippen MR) is 65.8 cm³/mol. The first kappa shape index (κ1) is 12.7. The number of rotatable bonds is 3. The minimum absolute atomic E-state index is 0.277. The number of hydrogen-bond donors (Lipinski definition) is 2. The summed E-state index contributed by atoms with van der Waals surface area (Å²) in [6.07, 6.45) is 0.560. The van der Waals surface area contributed by atoms with Crippen LogP contribution < -0.4 is 11.1 Å². The van der Waals surface area contributed by atoms with Crippen molar-refractivity contribution in [3.63, 3.8) is 0 Å². The van der Waals surface area contributed by atoms with Gasteiger partial charge in [-0.05, 0) is 24.6 Å². The van der Waals surface area contributed by atoms with Crippen LogP contribution in [-0.4, -0.2) is 11.9 Å². The number of nitrogens with two attached hydrogens (primary N) is 1. The molecular formula is C11H12BrN3O. The summed E-state index contributed by atoms with van der Waals surface area (Å²) in [6.45, 7) is 1.83. The highest BCUT2D eigenvalue weighted by Crippen LogP contribution is 2.20. The molecule has 0 saturated carbocycles. The van der Waals surface area contributed by atoms with Gasteiger partial charge >= 0.3 is 0 Å². The molecule has 0 spiro atoms. The van der Waals surface area contributed by atoms with Gasteiger partial charge in [-0.3, -0.25) is 4.79 Å². The minimum atomic E-state index is -0.546. The Balaban J connectivity index is 2.90. The maximum absolute atomic E-state index is 11.5. The number of nitrogens with one attached hydrogen (secondary N) is 1. The zero-order valence-corrected chi connectivity index (χ0v) is 10.4. The molecule has 5 heteroatoms. The number of carbonyl (C=O) groups is 1. The van der Waals surface area contributed by atoms with Crippen molar-refractivity contribution in [2.75, 3.05) is 5.32 Å². The highest BCUT2D eigenvalue weighted by molar-refractivity contribution is 9.10. The molecule has 0 heterocycles. The van der Waals surface area contributed by atoms with E-state index in [1.165, 1.54) is 0 Å². The summed E-state index contributed by atoms with van der Waals surface area (Å²) in [5.74, 6) is -0.277. The molecule has 0 aliphatic rings. The summed E-state index contributed by atoms with van der Waals surface area (Å²) in [7, 11) is 0. The summed E-state index contributed by atoms with van der Waals surface area (Å²) in [5.41, 5.74) is 6.48. The Morgan fingerprint density at radius 3 is 2.94 bits per heavy atom. The van der Waals surface area contributed by atoms with Gasteiger partial charge in [-0.1, -0.05) is 22.9 Å². The lowest BCUT2D eigenvalue weighted by Gasteiger charge is -2.11. The fourth-order valence-electron chi connectivity index (χ4n) is 1.13. The van der Waals surface area contributed by atoms with E-state index < -0.39 is 6.04 Å². The van der Waals surface area contributed by atoms with E-state index in [4.69, 9.17) is 11.0 Å². The lowest BCUT2D eigenvalue weighted by Crippen LogP contribution is -2.35. The first-order valence-electron chi connectivity index (χ1n) is 4.84. The number of carbonyl (C=O) groups excluding carboxylic acids is 1. The average molecular weight is 282 g/mol. The molecule has 0 saturated heterocycles. The van der Waals surface area contributed by atoms with Crippen LogP contribution in [0.1, 0.15) is 18.9 Å². The Morgan fingerprint density at radius 1 is 1.69 bits per heavy atom. The topological polar surface area (TPSA) is 78.9 Å². The number of benzene rings is 1. The molecule has 1 rings (SSSR count). The van der Waals surface area contributed by atoms with Crippen molar-refractivity contribution in [1.29, 1.82) is 5.26 Å². The van der Waals surface area contributed by atoms with Crippen LogP contribution in [-0.2, 0) is 4.79 Å². The van der Waals surface area contributed by atoms with Gasteiger partial charge < -0.3 is 11.1 Å². The average Bonchev–Trinajstić information content (AvgIpc) is 2.30. The highest BCUT2D eigenvalue weighted by atomic mass is 79.9. The number of halogens is 1. The molecule has 0 aromatic heterocycles. The van der Waals surface area contributed by atoms with Gasteiger partial charge in [0.15, 0.2) is 0 Å². The van der Waals surface area contributed by atoms with E-state index in [1.807, 2.05) is 13.0 Å². The van der Waals surface area contributed by atoms with Gasteiger partial charge in [0.05, 0.1) is 17.3 Å². The second kappa shape index (κ2) is 5.64. The van der Waals surface area contributed by atoms with Crippen LogP contribution in [0.15, 0.2) is 22.7 Å². The maximum Gasteiger partial charge on any atom is 0.241 e. The van der Waals surface area contributed by atoms with Crippen molar-refractivity contribution in [3.8, 4) is 6.07 Å². The highest BCUT2D eigenvalue weighted by Gasteiger charge is 2.12. The van der Waals surface area contributed by atoms with Gasteiger partial charge in [0.2, 0.25) is 5.91 Å². The van der Waals surface area contributed by atoms with E-state index in [2.05, 4.69) is 21.2 Å². The van der Waals surface area contributed by atoms with Crippen LogP contribution in [0.2, 0.25) is 0 Å². The maximum atomic E-state index is 11.5. The molecule has 3 N–H and O–H groups in total. The number of amides is 1. The van der Waals surface area contributed by atoms with Crippen molar-refractivity contribution in [2.24, 2.45) is 5.73 Å². The molecule has 0 bridgehead atoms. The third-order valence-electron chi connectivity index (χ3n) is 2.14. The van der Waals surface area contributed by atoms with Crippen molar-refractivity contribution >= 4 is 27.5 Å². The van der Waals surface area contributed by atoms with Crippen LogP contribution in [0.25, 0.3) is 0 Å². The first-order valence-corrected chi connectivity index (χ1v) is 5.64. The Bertz CT molecular complexity index is 439. The van der Waals surface area contributed by atoms with Crippen LogP contribution in [0, 0.1) is 11.3 Å². The largest absolute Gasteiger partial charge is 0.324 e. The fourth-order valence-corrected chi connectivity index (χ4v) is 1.49. The normalized spacial score (nSPS) is 11.6. The van der Waals surface area contributed by atoms with Crippen molar-refractivity contribution in [2.45, 2.75) is 19.4 Å². The quantitative estimate of drug-likeness (QED) is 0.889. The molecule has 84 valence electrons. The van der Waals surface area contributed by atoms with Gasteiger partial charge in [-0.15, -0.1) is 0 Å². The molecule has 1 atom stereocenters. The summed E-state index contributed by atoms with van der Waals surface area (Å²) in [6, 6.07) is 6.54. The summed E-state index contributed by atoms with van der Waals surface area (Å²) >= 11 is 3.26. The first-order chi connectivity index (χ1) is 7.58. The van der Waals surface area contributed by atoms with Gasteiger partial charge in [0.1, 0.15) is 6.07 Å². The molecule has 1 aromatic carbocycles.